The second kappa shape index (κ2) is 8.11. The molecular formula is C18H22FN3O3. The smallest absolute Gasteiger partial charge is 0.220 e. The van der Waals surface area contributed by atoms with Crippen molar-refractivity contribution in [2.24, 2.45) is 7.05 Å². The number of ether oxygens (including phenoxy) is 2. The minimum atomic E-state index is -0.356. The summed E-state index contributed by atoms with van der Waals surface area (Å²) in [5.41, 5.74) is 1.01. The molecule has 1 fully saturated rings. The average Bonchev–Trinajstić information content (AvgIpc) is 3.00. The highest BCUT2D eigenvalue weighted by atomic mass is 19.1. The van der Waals surface area contributed by atoms with Crippen molar-refractivity contribution in [3.05, 3.63) is 48.0 Å². The summed E-state index contributed by atoms with van der Waals surface area (Å²) in [6.07, 6.45) is 3.05. The Kier molecular flexibility index (Phi) is 5.65. The highest BCUT2D eigenvalue weighted by Crippen LogP contribution is 2.19. The van der Waals surface area contributed by atoms with Gasteiger partial charge in [-0.25, -0.2) is 4.39 Å². The van der Waals surface area contributed by atoms with E-state index >= 15 is 0 Å². The zero-order valence-electron chi connectivity index (χ0n) is 14.2. The summed E-state index contributed by atoms with van der Waals surface area (Å²) < 4.78 is 26.3. The van der Waals surface area contributed by atoms with E-state index in [2.05, 4.69) is 10.4 Å². The quantitative estimate of drug-likeness (QED) is 0.866. The van der Waals surface area contributed by atoms with E-state index in [1.165, 1.54) is 12.1 Å². The molecule has 0 spiro atoms. The summed E-state index contributed by atoms with van der Waals surface area (Å²) in [6.45, 7) is 0.929. The monoisotopic (exact) mass is 347 g/mol. The SMILES string of the molecule is Cn1nccc1CCC(=O)N[C@@H]1CCOC[C@H]1Oc1cccc(F)c1. The molecule has 1 aromatic carbocycles. The van der Waals surface area contributed by atoms with Crippen LogP contribution in [0.4, 0.5) is 4.39 Å². The van der Waals surface area contributed by atoms with Crippen LogP contribution in [0.1, 0.15) is 18.5 Å². The van der Waals surface area contributed by atoms with E-state index in [-0.39, 0.29) is 23.9 Å². The van der Waals surface area contributed by atoms with Gasteiger partial charge in [0.25, 0.3) is 0 Å². The van der Waals surface area contributed by atoms with Crippen LogP contribution >= 0.6 is 0 Å². The second-order valence-electron chi connectivity index (χ2n) is 6.10. The summed E-state index contributed by atoms with van der Waals surface area (Å²) in [5, 5.41) is 7.11. The predicted octanol–water partition coefficient (Wildman–Crippen LogP) is 1.84. The minimum Gasteiger partial charge on any atom is -0.486 e. The number of carbonyl (C=O) groups excluding carboxylic acids is 1. The van der Waals surface area contributed by atoms with E-state index in [1.54, 1.807) is 23.0 Å². The van der Waals surface area contributed by atoms with Gasteiger partial charge in [0.2, 0.25) is 5.91 Å². The maximum Gasteiger partial charge on any atom is 0.220 e. The topological polar surface area (TPSA) is 65.4 Å². The lowest BCUT2D eigenvalue weighted by atomic mass is 10.1. The first-order chi connectivity index (χ1) is 12.1. The van der Waals surface area contributed by atoms with Gasteiger partial charge in [-0.1, -0.05) is 6.07 Å². The number of nitrogens with one attached hydrogen (secondary N) is 1. The fourth-order valence-electron chi connectivity index (χ4n) is 2.88. The highest BCUT2D eigenvalue weighted by Gasteiger charge is 2.29. The molecule has 1 N–H and O–H groups in total. The first-order valence-electron chi connectivity index (χ1n) is 8.38. The molecule has 2 heterocycles. The van der Waals surface area contributed by atoms with Gasteiger partial charge < -0.3 is 14.8 Å². The van der Waals surface area contributed by atoms with Gasteiger partial charge in [0.15, 0.2) is 0 Å². The molecule has 1 aromatic heterocycles. The lowest BCUT2D eigenvalue weighted by Crippen LogP contribution is -2.51. The molecule has 2 aromatic rings. The Morgan fingerprint density at radius 3 is 3.12 bits per heavy atom. The highest BCUT2D eigenvalue weighted by molar-refractivity contribution is 5.76. The maximum atomic E-state index is 13.3. The zero-order valence-corrected chi connectivity index (χ0v) is 14.2. The third kappa shape index (κ3) is 4.79. The van der Waals surface area contributed by atoms with Crippen molar-refractivity contribution in [1.82, 2.24) is 15.1 Å². The molecule has 0 unspecified atom stereocenters. The summed E-state index contributed by atoms with van der Waals surface area (Å²) in [5.74, 6) is 0.0385. The van der Waals surface area contributed by atoms with Crippen LogP contribution in [-0.4, -0.2) is 41.0 Å². The number of aromatic nitrogens is 2. The Balaban J connectivity index is 1.55. The number of benzene rings is 1. The van der Waals surface area contributed by atoms with E-state index < -0.39 is 0 Å². The molecule has 1 aliphatic rings. The third-order valence-electron chi connectivity index (χ3n) is 4.26. The number of amides is 1. The maximum absolute atomic E-state index is 13.3. The lowest BCUT2D eigenvalue weighted by Gasteiger charge is -2.32. The van der Waals surface area contributed by atoms with Gasteiger partial charge in [0, 0.05) is 38.0 Å². The van der Waals surface area contributed by atoms with Crippen LogP contribution in [0.2, 0.25) is 0 Å². The van der Waals surface area contributed by atoms with Gasteiger partial charge in [-0.3, -0.25) is 9.48 Å². The van der Waals surface area contributed by atoms with Gasteiger partial charge >= 0.3 is 0 Å². The summed E-state index contributed by atoms with van der Waals surface area (Å²) in [6, 6.07) is 7.72. The standard InChI is InChI=1S/C18H22FN3O3/c1-22-14(7-9-20-22)5-6-18(23)21-16-8-10-24-12-17(16)25-15-4-2-3-13(19)11-15/h2-4,7,9,11,16-17H,5-6,8,10,12H2,1H3,(H,21,23)/t16-,17-/m1/s1. The van der Waals surface area contributed by atoms with Gasteiger partial charge in [0.05, 0.1) is 12.6 Å². The number of halogens is 1. The minimum absolute atomic E-state index is 0.0408. The van der Waals surface area contributed by atoms with Crippen molar-refractivity contribution >= 4 is 5.91 Å². The normalized spacial score (nSPS) is 20.2. The molecule has 0 bridgehead atoms. The molecule has 0 aliphatic carbocycles. The first kappa shape index (κ1) is 17.4. The van der Waals surface area contributed by atoms with E-state index in [9.17, 15) is 9.18 Å². The Hall–Kier alpha value is -2.41. The van der Waals surface area contributed by atoms with Crippen molar-refractivity contribution in [3.63, 3.8) is 0 Å². The number of nitrogens with zero attached hydrogens (tertiary/aromatic N) is 2. The van der Waals surface area contributed by atoms with Crippen LogP contribution in [0.3, 0.4) is 0 Å². The van der Waals surface area contributed by atoms with Gasteiger partial charge in [-0.05, 0) is 31.0 Å². The zero-order chi connectivity index (χ0) is 17.6. The van der Waals surface area contributed by atoms with Crippen LogP contribution in [0, 0.1) is 5.82 Å². The van der Waals surface area contributed by atoms with Crippen molar-refractivity contribution in [1.29, 1.82) is 0 Å². The number of hydrogen-bond donors (Lipinski definition) is 1. The van der Waals surface area contributed by atoms with Crippen LogP contribution in [0.5, 0.6) is 5.75 Å². The van der Waals surface area contributed by atoms with Gasteiger partial charge in [-0.2, -0.15) is 5.10 Å². The Morgan fingerprint density at radius 2 is 2.36 bits per heavy atom. The summed E-state index contributed by atoms with van der Waals surface area (Å²) in [4.78, 5) is 12.3. The third-order valence-corrected chi connectivity index (χ3v) is 4.26. The number of aryl methyl sites for hydroxylation is 2. The van der Waals surface area contributed by atoms with E-state index in [1.807, 2.05) is 13.1 Å². The molecule has 6 nitrogen and oxygen atoms in total. The molecule has 1 saturated heterocycles. The van der Waals surface area contributed by atoms with Crippen molar-refractivity contribution in [2.45, 2.75) is 31.4 Å². The molecule has 0 radical (unpaired) electrons. The Bertz CT molecular complexity index is 719. The summed E-state index contributed by atoms with van der Waals surface area (Å²) >= 11 is 0. The molecular weight excluding hydrogens is 325 g/mol. The first-order valence-corrected chi connectivity index (χ1v) is 8.38. The fourth-order valence-corrected chi connectivity index (χ4v) is 2.88. The lowest BCUT2D eigenvalue weighted by molar-refractivity contribution is -0.123. The number of rotatable bonds is 6. The predicted molar refractivity (Wildman–Crippen MR) is 89.7 cm³/mol. The second-order valence-corrected chi connectivity index (χ2v) is 6.10. The fraction of sp³-hybridized carbons (Fsp3) is 0.444. The van der Waals surface area contributed by atoms with Crippen molar-refractivity contribution < 1.29 is 18.7 Å². The molecule has 1 aliphatic heterocycles. The van der Waals surface area contributed by atoms with Gasteiger partial charge in [0.1, 0.15) is 17.7 Å². The molecule has 7 heteroatoms. The number of carbonyl (C=O) groups is 1. The van der Waals surface area contributed by atoms with Gasteiger partial charge in [-0.15, -0.1) is 0 Å². The molecule has 2 atom stereocenters. The number of hydrogen-bond acceptors (Lipinski definition) is 4. The van der Waals surface area contributed by atoms with Crippen LogP contribution in [0.25, 0.3) is 0 Å². The Morgan fingerprint density at radius 1 is 1.48 bits per heavy atom. The molecule has 1 amide bonds. The van der Waals surface area contributed by atoms with Crippen LogP contribution in [-0.2, 0) is 23.0 Å². The summed E-state index contributed by atoms with van der Waals surface area (Å²) in [7, 11) is 1.86. The molecule has 0 saturated carbocycles. The van der Waals surface area contributed by atoms with E-state index in [0.717, 1.165) is 5.69 Å². The van der Waals surface area contributed by atoms with Crippen LogP contribution < -0.4 is 10.1 Å². The van der Waals surface area contributed by atoms with E-state index in [4.69, 9.17) is 9.47 Å². The average molecular weight is 347 g/mol. The largest absolute Gasteiger partial charge is 0.486 e. The molecule has 25 heavy (non-hydrogen) atoms. The van der Waals surface area contributed by atoms with Crippen LogP contribution in [0.15, 0.2) is 36.5 Å². The Labute approximate surface area is 145 Å². The van der Waals surface area contributed by atoms with E-state index in [0.29, 0.717) is 38.2 Å². The van der Waals surface area contributed by atoms with Crippen molar-refractivity contribution in [3.8, 4) is 5.75 Å². The molecule has 3 rings (SSSR count). The molecule has 134 valence electrons. The van der Waals surface area contributed by atoms with Crippen molar-refractivity contribution in [2.75, 3.05) is 13.2 Å².